The number of Topliss-reactive ketones (excluding diaryl/α,β-unsaturated/α-hetero) is 2. The van der Waals surface area contributed by atoms with E-state index in [1.807, 2.05) is 61.5 Å². The number of rotatable bonds is 9. The van der Waals surface area contributed by atoms with Gasteiger partial charge in [-0.15, -0.1) is 11.8 Å². The molecule has 0 saturated carbocycles. The highest BCUT2D eigenvalue weighted by molar-refractivity contribution is 7.99. The molecule has 0 saturated heterocycles. The van der Waals surface area contributed by atoms with Gasteiger partial charge in [-0.25, -0.2) is 0 Å². The van der Waals surface area contributed by atoms with Crippen LogP contribution in [0, 0.1) is 13.8 Å². The van der Waals surface area contributed by atoms with Crippen molar-refractivity contribution in [3.63, 3.8) is 0 Å². The predicted octanol–water partition coefficient (Wildman–Crippen LogP) is 9.37. The number of allylic oxidation sites excluding steroid dienone is 7. The lowest BCUT2D eigenvalue weighted by molar-refractivity contribution is 0.102. The van der Waals surface area contributed by atoms with E-state index in [9.17, 15) is 9.59 Å². The van der Waals surface area contributed by atoms with E-state index in [-0.39, 0.29) is 11.6 Å². The zero-order valence-electron chi connectivity index (χ0n) is 23.7. The highest BCUT2D eigenvalue weighted by Gasteiger charge is 2.18. The molecule has 1 aromatic heterocycles. The van der Waals surface area contributed by atoms with Gasteiger partial charge >= 0.3 is 0 Å². The van der Waals surface area contributed by atoms with Crippen LogP contribution in [-0.4, -0.2) is 21.9 Å². The molecule has 40 heavy (non-hydrogen) atoms. The monoisotopic (exact) mass is 545 g/mol. The van der Waals surface area contributed by atoms with E-state index in [4.69, 9.17) is 0 Å². The zero-order valence-corrected chi connectivity index (χ0v) is 24.5. The molecule has 0 spiro atoms. The van der Waals surface area contributed by atoms with Crippen LogP contribution >= 0.6 is 11.8 Å². The predicted molar refractivity (Wildman–Crippen MR) is 170 cm³/mol. The number of thioether (sulfide) groups is 1. The van der Waals surface area contributed by atoms with Gasteiger partial charge < -0.3 is 4.57 Å². The minimum atomic E-state index is -0.0233. The number of aromatic nitrogens is 1. The SMILES string of the molecule is C=C(CCSc1c(C)cccc1C)C(=O)c1ccc2c(c1)c1cc(C(=O)C3=C(C)C=CCC=C3)ccc1n2CC. The fourth-order valence-electron chi connectivity index (χ4n) is 5.49. The Bertz CT molecular complexity index is 1740. The summed E-state index contributed by atoms with van der Waals surface area (Å²) in [6.45, 7) is 13.3. The van der Waals surface area contributed by atoms with Crippen LogP contribution < -0.4 is 0 Å². The summed E-state index contributed by atoms with van der Waals surface area (Å²) >= 11 is 1.78. The van der Waals surface area contributed by atoms with Crippen molar-refractivity contribution in [2.75, 3.05) is 5.75 Å². The average molecular weight is 546 g/mol. The molecular formula is C36H35NO2S. The number of nitrogens with zero attached hydrogens (tertiary/aromatic N) is 1. The molecule has 4 heteroatoms. The molecule has 0 radical (unpaired) electrons. The maximum atomic E-state index is 13.5. The largest absolute Gasteiger partial charge is 0.341 e. The number of hydrogen-bond donors (Lipinski definition) is 0. The van der Waals surface area contributed by atoms with E-state index in [2.05, 4.69) is 56.2 Å². The van der Waals surface area contributed by atoms with Crippen LogP contribution in [-0.2, 0) is 6.54 Å². The van der Waals surface area contributed by atoms with Crippen LogP contribution in [0.3, 0.4) is 0 Å². The molecule has 1 aliphatic carbocycles. The molecule has 0 aliphatic heterocycles. The molecule has 0 amide bonds. The Morgan fingerprint density at radius 1 is 0.875 bits per heavy atom. The minimum absolute atomic E-state index is 0.0154. The molecule has 202 valence electrons. The fraction of sp³-hybridized carbons (Fsp3) is 0.222. The van der Waals surface area contributed by atoms with Gasteiger partial charge in [-0.2, -0.15) is 0 Å². The molecule has 3 aromatic carbocycles. The molecular weight excluding hydrogens is 510 g/mol. The van der Waals surface area contributed by atoms with Crippen molar-refractivity contribution >= 4 is 45.1 Å². The molecule has 0 N–H and O–H groups in total. The van der Waals surface area contributed by atoms with Crippen molar-refractivity contribution in [2.45, 2.75) is 52.0 Å². The van der Waals surface area contributed by atoms with Gasteiger partial charge in [0.25, 0.3) is 0 Å². The lowest BCUT2D eigenvalue weighted by Crippen LogP contribution is -2.04. The second kappa shape index (κ2) is 11.7. The number of fused-ring (bicyclic) bond motifs is 3. The number of carbonyl (C=O) groups excluding carboxylic acids is 2. The lowest BCUT2D eigenvalue weighted by atomic mass is 9.97. The molecule has 3 nitrogen and oxygen atoms in total. The molecule has 1 aliphatic rings. The lowest BCUT2D eigenvalue weighted by Gasteiger charge is -2.10. The Morgan fingerprint density at radius 3 is 2.17 bits per heavy atom. The molecule has 0 unspecified atom stereocenters. The van der Waals surface area contributed by atoms with E-state index in [0.717, 1.165) is 51.7 Å². The second-order valence-electron chi connectivity index (χ2n) is 10.4. The summed E-state index contributed by atoms with van der Waals surface area (Å²) in [5, 5.41) is 1.97. The third-order valence-electron chi connectivity index (χ3n) is 7.68. The van der Waals surface area contributed by atoms with Crippen LogP contribution in [0.4, 0.5) is 0 Å². The molecule has 4 aromatic rings. The third-order valence-corrected chi connectivity index (χ3v) is 9.02. The summed E-state index contributed by atoms with van der Waals surface area (Å²) in [5.74, 6) is 0.796. The zero-order chi connectivity index (χ0) is 28.4. The van der Waals surface area contributed by atoms with Gasteiger partial charge in [0.2, 0.25) is 0 Å². The Morgan fingerprint density at radius 2 is 1.50 bits per heavy atom. The highest BCUT2D eigenvalue weighted by Crippen LogP contribution is 2.33. The van der Waals surface area contributed by atoms with Crippen molar-refractivity contribution in [2.24, 2.45) is 0 Å². The van der Waals surface area contributed by atoms with E-state index in [1.165, 1.54) is 16.0 Å². The third kappa shape index (κ3) is 5.29. The van der Waals surface area contributed by atoms with Crippen molar-refractivity contribution in [3.05, 3.63) is 124 Å². The van der Waals surface area contributed by atoms with Crippen molar-refractivity contribution in [1.29, 1.82) is 0 Å². The summed E-state index contributed by atoms with van der Waals surface area (Å²) in [4.78, 5) is 28.2. The molecule has 1 heterocycles. The van der Waals surface area contributed by atoms with Crippen molar-refractivity contribution in [3.8, 4) is 0 Å². The van der Waals surface area contributed by atoms with E-state index in [0.29, 0.717) is 23.1 Å². The van der Waals surface area contributed by atoms with Gasteiger partial charge in [0, 0.05) is 55.7 Å². The Hall–Kier alpha value is -3.89. The number of benzene rings is 3. The number of ketones is 2. The molecule has 0 bridgehead atoms. The van der Waals surface area contributed by atoms with Crippen LogP contribution in [0.15, 0.2) is 107 Å². The second-order valence-corrected chi connectivity index (χ2v) is 11.5. The maximum Gasteiger partial charge on any atom is 0.193 e. The first-order chi connectivity index (χ1) is 19.3. The van der Waals surface area contributed by atoms with E-state index < -0.39 is 0 Å². The van der Waals surface area contributed by atoms with Gasteiger partial charge in [0.1, 0.15) is 0 Å². The van der Waals surface area contributed by atoms with Gasteiger partial charge in [-0.3, -0.25) is 9.59 Å². The van der Waals surface area contributed by atoms with E-state index in [1.54, 1.807) is 11.8 Å². The Balaban J connectivity index is 1.44. The molecule has 5 rings (SSSR count). The summed E-state index contributed by atoms with van der Waals surface area (Å²) in [6, 6.07) is 18.2. The Kier molecular flexibility index (Phi) is 8.09. The maximum absolute atomic E-state index is 13.5. The first-order valence-corrected chi connectivity index (χ1v) is 14.8. The quantitative estimate of drug-likeness (QED) is 0.119. The average Bonchev–Trinajstić information content (AvgIpc) is 3.10. The van der Waals surface area contributed by atoms with Gasteiger partial charge in [0.15, 0.2) is 11.6 Å². The summed E-state index contributed by atoms with van der Waals surface area (Å²) < 4.78 is 2.24. The summed E-state index contributed by atoms with van der Waals surface area (Å²) in [5.41, 5.74) is 8.23. The standard InChI is InChI=1S/C36H35NO2S/c1-6-37-32-17-15-27(34(38)24(3)19-20-40-36-25(4)12-10-13-26(36)5)21-30(32)31-22-28(16-18-33(31)37)35(39)29-14-9-7-8-11-23(29)2/h8-18,21-22H,3,6-7,19-20H2,1-2,4-5H3. The summed E-state index contributed by atoms with van der Waals surface area (Å²) in [7, 11) is 0. The first kappa shape index (κ1) is 27.7. The smallest absolute Gasteiger partial charge is 0.193 e. The van der Waals surface area contributed by atoms with Crippen LogP contribution in [0.5, 0.6) is 0 Å². The van der Waals surface area contributed by atoms with Crippen LogP contribution in [0.25, 0.3) is 21.8 Å². The fourth-order valence-corrected chi connectivity index (χ4v) is 6.63. The number of hydrogen-bond acceptors (Lipinski definition) is 3. The van der Waals surface area contributed by atoms with Crippen LogP contribution in [0.1, 0.15) is 58.5 Å². The first-order valence-electron chi connectivity index (χ1n) is 13.9. The molecule has 0 atom stereocenters. The normalized spacial score (nSPS) is 13.3. The van der Waals surface area contributed by atoms with Gasteiger partial charge in [-0.1, -0.05) is 49.1 Å². The van der Waals surface area contributed by atoms with E-state index >= 15 is 0 Å². The number of aryl methyl sites for hydroxylation is 3. The summed E-state index contributed by atoms with van der Waals surface area (Å²) in [6.07, 6.45) is 9.48. The highest BCUT2D eigenvalue weighted by atomic mass is 32.2. The number of carbonyl (C=O) groups is 2. The van der Waals surface area contributed by atoms with Crippen LogP contribution in [0.2, 0.25) is 0 Å². The van der Waals surface area contributed by atoms with Gasteiger partial charge in [0.05, 0.1) is 0 Å². The minimum Gasteiger partial charge on any atom is -0.341 e. The topological polar surface area (TPSA) is 39.1 Å². The van der Waals surface area contributed by atoms with Crippen molar-refractivity contribution in [1.82, 2.24) is 4.57 Å². The van der Waals surface area contributed by atoms with Crippen molar-refractivity contribution < 1.29 is 9.59 Å². The van der Waals surface area contributed by atoms with Gasteiger partial charge in [-0.05, 0) is 99.2 Å². The molecule has 0 fully saturated rings. The Labute approximate surface area is 241 Å².